The van der Waals surface area contributed by atoms with Crippen LogP contribution in [0.25, 0.3) is 0 Å². The summed E-state index contributed by atoms with van der Waals surface area (Å²) < 4.78 is 0. The lowest BCUT2D eigenvalue weighted by atomic mass is 9.73. The summed E-state index contributed by atoms with van der Waals surface area (Å²) in [6.45, 7) is 7.47. The molecule has 3 fully saturated rings. The number of amides is 1. The van der Waals surface area contributed by atoms with Crippen LogP contribution in [0.15, 0.2) is 12.5 Å². The van der Waals surface area contributed by atoms with E-state index in [4.69, 9.17) is 0 Å². The maximum atomic E-state index is 12.6. The van der Waals surface area contributed by atoms with Crippen LogP contribution in [0.5, 0.6) is 0 Å². The molecule has 1 spiro atoms. The Hall–Kier alpha value is -1.65. The Balaban J connectivity index is 1.55. The second kappa shape index (κ2) is 7.16. The lowest BCUT2D eigenvalue weighted by molar-refractivity contribution is -0.140. The lowest BCUT2D eigenvalue weighted by Crippen LogP contribution is -2.56. The van der Waals surface area contributed by atoms with Crippen molar-refractivity contribution in [3.63, 3.8) is 0 Å². The van der Waals surface area contributed by atoms with Gasteiger partial charge in [0.2, 0.25) is 5.91 Å². The van der Waals surface area contributed by atoms with Crippen molar-refractivity contribution in [2.75, 3.05) is 24.5 Å². The molecule has 1 aromatic rings. The first kappa shape index (κ1) is 17.7. The van der Waals surface area contributed by atoms with Gasteiger partial charge in [-0.2, -0.15) is 0 Å². The Morgan fingerprint density at radius 3 is 2.73 bits per heavy atom. The summed E-state index contributed by atoms with van der Waals surface area (Å²) >= 11 is 0. The zero-order valence-corrected chi connectivity index (χ0v) is 16.3. The Kier molecular flexibility index (Phi) is 4.89. The van der Waals surface area contributed by atoms with Gasteiger partial charge in [-0.3, -0.25) is 4.79 Å². The quantitative estimate of drug-likeness (QED) is 0.827. The number of aromatic nitrogens is 2. The minimum atomic E-state index is 0.244. The van der Waals surface area contributed by atoms with Gasteiger partial charge in [0.05, 0.1) is 0 Å². The normalized spacial score (nSPS) is 27.7. The molecule has 3 aliphatic rings. The molecular weight excluding hydrogens is 324 g/mol. The van der Waals surface area contributed by atoms with E-state index >= 15 is 0 Å². The topological polar surface area (TPSA) is 49.3 Å². The van der Waals surface area contributed by atoms with E-state index in [-0.39, 0.29) is 5.41 Å². The fourth-order valence-electron chi connectivity index (χ4n) is 5.32. The van der Waals surface area contributed by atoms with Gasteiger partial charge in [0, 0.05) is 49.3 Å². The number of likely N-dealkylation sites (tertiary alicyclic amines) is 1. The van der Waals surface area contributed by atoms with Gasteiger partial charge in [-0.25, -0.2) is 9.97 Å². The van der Waals surface area contributed by atoms with Crippen LogP contribution in [-0.2, 0) is 4.79 Å². The second-order valence-corrected chi connectivity index (χ2v) is 8.94. The molecule has 0 radical (unpaired) electrons. The number of piperidine rings is 2. The van der Waals surface area contributed by atoms with Crippen LogP contribution in [0.3, 0.4) is 0 Å². The van der Waals surface area contributed by atoms with E-state index in [2.05, 4.69) is 33.6 Å². The molecule has 1 aliphatic carbocycles. The van der Waals surface area contributed by atoms with Gasteiger partial charge in [0.25, 0.3) is 0 Å². The van der Waals surface area contributed by atoms with Crippen molar-refractivity contribution in [3.05, 3.63) is 18.1 Å². The Bertz CT molecular complexity index is 655. The SMILES string of the molecule is CC(C)c1cncnc1N1CCC[C@]2(CCC(=O)N(C3CCCC3)C2)C1. The predicted molar refractivity (Wildman–Crippen MR) is 103 cm³/mol. The molecule has 1 atom stereocenters. The molecule has 0 aromatic carbocycles. The summed E-state index contributed by atoms with van der Waals surface area (Å²) in [7, 11) is 0. The third-order valence-corrected chi connectivity index (χ3v) is 6.76. The van der Waals surface area contributed by atoms with Crippen LogP contribution in [0, 0.1) is 5.41 Å². The average Bonchev–Trinajstić information content (AvgIpc) is 3.19. The number of anilines is 1. The summed E-state index contributed by atoms with van der Waals surface area (Å²) in [5, 5.41) is 0. The maximum absolute atomic E-state index is 12.6. The molecule has 26 heavy (non-hydrogen) atoms. The Morgan fingerprint density at radius 1 is 1.15 bits per heavy atom. The first-order chi connectivity index (χ1) is 12.6. The fourth-order valence-corrected chi connectivity index (χ4v) is 5.32. The van der Waals surface area contributed by atoms with Gasteiger partial charge in [-0.05, 0) is 38.0 Å². The van der Waals surface area contributed by atoms with E-state index in [1.807, 2.05) is 6.20 Å². The first-order valence-electron chi connectivity index (χ1n) is 10.4. The van der Waals surface area contributed by atoms with E-state index in [1.54, 1.807) is 6.33 Å². The van der Waals surface area contributed by atoms with Gasteiger partial charge in [-0.1, -0.05) is 26.7 Å². The van der Waals surface area contributed by atoms with Crippen molar-refractivity contribution in [2.45, 2.75) is 77.2 Å². The van der Waals surface area contributed by atoms with E-state index in [0.717, 1.165) is 38.3 Å². The number of hydrogen-bond acceptors (Lipinski definition) is 4. The summed E-state index contributed by atoms with van der Waals surface area (Å²) in [4.78, 5) is 26.2. The number of carbonyl (C=O) groups excluding carboxylic acids is 1. The van der Waals surface area contributed by atoms with Crippen molar-refractivity contribution in [1.82, 2.24) is 14.9 Å². The van der Waals surface area contributed by atoms with Gasteiger partial charge in [-0.15, -0.1) is 0 Å². The molecule has 1 aromatic heterocycles. The summed E-state index contributed by atoms with van der Waals surface area (Å²) in [6.07, 6.45) is 12.8. The molecule has 2 saturated heterocycles. The van der Waals surface area contributed by atoms with E-state index < -0.39 is 0 Å². The fraction of sp³-hybridized carbons (Fsp3) is 0.762. The number of carbonyl (C=O) groups is 1. The highest BCUT2D eigenvalue weighted by atomic mass is 16.2. The molecule has 0 bridgehead atoms. The van der Waals surface area contributed by atoms with Crippen molar-refractivity contribution in [3.8, 4) is 0 Å². The van der Waals surface area contributed by atoms with Crippen LogP contribution in [0.2, 0.25) is 0 Å². The lowest BCUT2D eigenvalue weighted by Gasteiger charge is -2.50. The minimum Gasteiger partial charge on any atom is -0.356 e. The van der Waals surface area contributed by atoms with Gasteiger partial charge >= 0.3 is 0 Å². The summed E-state index contributed by atoms with van der Waals surface area (Å²) in [5.74, 6) is 1.93. The van der Waals surface area contributed by atoms with Crippen molar-refractivity contribution < 1.29 is 4.79 Å². The van der Waals surface area contributed by atoms with Crippen LogP contribution in [0.4, 0.5) is 5.82 Å². The van der Waals surface area contributed by atoms with Gasteiger partial charge < -0.3 is 9.80 Å². The highest BCUT2D eigenvalue weighted by molar-refractivity contribution is 5.77. The molecule has 1 amide bonds. The number of rotatable bonds is 3. The molecule has 4 rings (SSSR count). The van der Waals surface area contributed by atoms with E-state index in [0.29, 0.717) is 17.9 Å². The second-order valence-electron chi connectivity index (χ2n) is 8.94. The number of hydrogen-bond donors (Lipinski definition) is 0. The summed E-state index contributed by atoms with van der Waals surface area (Å²) in [6, 6.07) is 0.500. The molecule has 1 saturated carbocycles. The van der Waals surface area contributed by atoms with Crippen molar-refractivity contribution >= 4 is 11.7 Å². The highest BCUT2D eigenvalue weighted by Gasteiger charge is 2.44. The van der Waals surface area contributed by atoms with Gasteiger partial charge in [0.15, 0.2) is 0 Å². The molecule has 5 heteroatoms. The average molecular weight is 357 g/mol. The van der Waals surface area contributed by atoms with Crippen LogP contribution in [-0.4, -0.2) is 46.5 Å². The molecule has 5 nitrogen and oxygen atoms in total. The third kappa shape index (κ3) is 3.33. The van der Waals surface area contributed by atoms with E-state index in [1.165, 1.54) is 44.1 Å². The van der Waals surface area contributed by atoms with E-state index in [9.17, 15) is 4.79 Å². The van der Waals surface area contributed by atoms with Crippen LogP contribution < -0.4 is 4.90 Å². The Labute approximate surface area is 157 Å². The maximum Gasteiger partial charge on any atom is 0.222 e. The minimum absolute atomic E-state index is 0.244. The largest absolute Gasteiger partial charge is 0.356 e. The first-order valence-corrected chi connectivity index (χ1v) is 10.4. The highest BCUT2D eigenvalue weighted by Crippen LogP contribution is 2.42. The monoisotopic (exact) mass is 356 g/mol. The molecule has 3 heterocycles. The smallest absolute Gasteiger partial charge is 0.222 e. The molecule has 0 unspecified atom stereocenters. The van der Waals surface area contributed by atoms with Crippen LogP contribution >= 0.6 is 0 Å². The van der Waals surface area contributed by atoms with Crippen molar-refractivity contribution in [1.29, 1.82) is 0 Å². The van der Waals surface area contributed by atoms with Gasteiger partial charge in [0.1, 0.15) is 12.1 Å². The van der Waals surface area contributed by atoms with Crippen LogP contribution in [0.1, 0.15) is 76.7 Å². The van der Waals surface area contributed by atoms with Crippen molar-refractivity contribution in [2.24, 2.45) is 5.41 Å². The Morgan fingerprint density at radius 2 is 1.96 bits per heavy atom. The zero-order chi connectivity index (χ0) is 18.1. The molecular formula is C21H32N4O. The third-order valence-electron chi connectivity index (χ3n) is 6.76. The summed E-state index contributed by atoms with van der Waals surface area (Å²) in [5.41, 5.74) is 1.48. The predicted octanol–water partition coefficient (Wildman–Crippen LogP) is 3.75. The molecule has 0 N–H and O–H groups in total. The number of nitrogens with zero attached hydrogens (tertiary/aromatic N) is 4. The molecule has 142 valence electrons. The molecule has 2 aliphatic heterocycles. The standard InChI is InChI=1S/C21H32N4O/c1-16(2)18-12-22-15-23-20(18)24-11-5-9-21(13-24)10-8-19(26)25(14-21)17-6-3-4-7-17/h12,15-17H,3-11,13-14H2,1-2H3/t21-/m0/s1. The zero-order valence-electron chi connectivity index (χ0n) is 16.3.